The minimum absolute atomic E-state index is 0.0281. The summed E-state index contributed by atoms with van der Waals surface area (Å²) in [5.41, 5.74) is 4.78. The predicted octanol–water partition coefficient (Wildman–Crippen LogP) is 8.04. The van der Waals surface area contributed by atoms with Crippen LogP contribution in [0.2, 0.25) is 0 Å². The van der Waals surface area contributed by atoms with E-state index in [-0.39, 0.29) is 23.1 Å². The van der Waals surface area contributed by atoms with Gasteiger partial charge in [-0.1, -0.05) is 50.2 Å². The summed E-state index contributed by atoms with van der Waals surface area (Å²) in [6.07, 6.45) is -8.00. The minimum atomic E-state index is -4.80. The van der Waals surface area contributed by atoms with Gasteiger partial charge < -0.3 is 10.1 Å². The number of thiazole rings is 1. The van der Waals surface area contributed by atoms with Crippen molar-refractivity contribution in [3.8, 4) is 28.5 Å². The molecule has 0 radical (unpaired) electrons. The molecule has 2 unspecified atom stereocenters. The molecule has 240 valence electrons. The van der Waals surface area contributed by atoms with E-state index < -0.39 is 24.9 Å². The summed E-state index contributed by atoms with van der Waals surface area (Å²) in [5.74, 6) is 0.0690. The molecule has 0 saturated carbocycles. The number of hydrogen-bond acceptors (Lipinski definition) is 5. The summed E-state index contributed by atoms with van der Waals surface area (Å²) >= 11 is 1.22. The molecule has 2 aromatic heterocycles. The highest BCUT2D eigenvalue weighted by atomic mass is 32.1. The van der Waals surface area contributed by atoms with Gasteiger partial charge in [0.15, 0.2) is 16.8 Å². The Morgan fingerprint density at radius 2 is 1.70 bits per heavy atom. The van der Waals surface area contributed by atoms with E-state index in [0.717, 1.165) is 34.6 Å². The van der Waals surface area contributed by atoms with Crippen molar-refractivity contribution in [3.63, 3.8) is 0 Å². The van der Waals surface area contributed by atoms with E-state index in [1.165, 1.54) is 58.7 Å². The van der Waals surface area contributed by atoms with E-state index in [1.54, 1.807) is 0 Å². The number of benzene rings is 3. The molecule has 1 N–H and O–H groups in total. The fourth-order valence-corrected chi connectivity index (χ4v) is 5.86. The van der Waals surface area contributed by atoms with Crippen molar-refractivity contribution < 1.29 is 31.5 Å². The Hall–Kier alpha value is -4.85. The number of ether oxygens (including phenoxy) is 1. The third-order valence-electron chi connectivity index (χ3n) is 7.03. The molecule has 0 aliphatic carbocycles. The molecule has 3 aromatic carbocycles. The lowest BCUT2D eigenvalue weighted by Crippen LogP contribution is -2.34. The standard InChI is InChI=1S/C32H29F5N6O2S/c1-18(2)26-19(3)6-5-7-25(26)43-20(4)16-46-31(43)40-30(44)39-28(34)27(33)21-8-10-22(11-9-21)29-38-17-42(41-29)23-12-14-24(15-13-23)45-32(35,36)37/h5-18,27-28H,1-4H3,(H,39,44)/b40-31-. The van der Waals surface area contributed by atoms with Crippen LogP contribution in [0.3, 0.4) is 0 Å². The Morgan fingerprint density at radius 1 is 1.00 bits per heavy atom. The van der Waals surface area contributed by atoms with Gasteiger partial charge in [0.05, 0.1) is 11.4 Å². The van der Waals surface area contributed by atoms with Gasteiger partial charge in [-0.15, -0.1) is 29.6 Å². The number of nitrogens with one attached hydrogen (secondary N) is 1. The molecule has 0 bridgehead atoms. The number of alkyl halides is 5. The van der Waals surface area contributed by atoms with Crippen LogP contribution in [0, 0.1) is 13.8 Å². The quantitative estimate of drug-likeness (QED) is 0.135. The lowest BCUT2D eigenvalue weighted by molar-refractivity contribution is -0.274. The van der Waals surface area contributed by atoms with Gasteiger partial charge in [-0.05, 0) is 66.8 Å². The van der Waals surface area contributed by atoms with Gasteiger partial charge in [0.2, 0.25) is 6.30 Å². The topological polar surface area (TPSA) is 86.3 Å². The maximum absolute atomic E-state index is 15.1. The Balaban J connectivity index is 1.27. The Bertz CT molecular complexity index is 1900. The van der Waals surface area contributed by atoms with Gasteiger partial charge in [0.25, 0.3) is 0 Å². The van der Waals surface area contributed by atoms with Crippen LogP contribution >= 0.6 is 11.3 Å². The predicted molar refractivity (Wildman–Crippen MR) is 164 cm³/mol. The number of halogens is 5. The van der Waals surface area contributed by atoms with Crippen molar-refractivity contribution in [1.82, 2.24) is 24.6 Å². The normalized spacial score (nSPS) is 13.6. The smallest absolute Gasteiger partial charge is 0.406 e. The molecule has 0 fully saturated rings. The Morgan fingerprint density at radius 3 is 2.35 bits per heavy atom. The zero-order chi connectivity index (χ0) is 33.2. The SMILES string of the molecule is Cc1cccc(-n2c(C)cs/c2=N\C(=O)NC(F)C(F)c2ccc(-c3ncn(-c4ccc(OC(F)(F)F)cc4)n3)cc2)c1C(C)C. The van der Waals surface area contributed by atoms with Crippen LogP contribution in [0.5, 0.6) is 5.75 Å². The molecule has 2 atom stereocenters. The van der Waals surface area contributed by atoms with Crippen LogP contribution in [-0.4, -0.2) is 38.0 Å². The summed E-state index contributed by atoms with van der Waals surface area (Å²) in [5, 5.41) is 8.13. The average Bonchev–Trinajstić information content (AvgIpc) is 3.63. The second-order valence-electron chi connectivity index (χ2n) is 10.7. The third-order valence-corrected chi connectivity index (χ3v) is 7.97. The van der Waals surface area contributed by atoms with E-state index in [0.29, 0.717) is 16.1 Å². The number of hydrogen-bond donors (Lipinski definition) is 1. The van der Waals surface area contributed by atoms with Crippen molar-refractivity contribution >= 4 is 17.4 Å². The molecule has 0 aliphatic heterocycles. The number of carbonyl (C=O) groups is 1. The monoisotopic (exact) mass is 656 g/mol. The summed E-state index contributed by atoms with van der Waals surface area (Å²) in [6.45, 7) is 8.04. The van der Waals surface area contributed by atoms with Crippen LogP contribution in [-0.2, 0) is 0 Å². The van der Waals surface area contributed by atoms with E-state index in [9.17, 15) is 22.4 Å². The summed E-state index contributed by atoms with van der Waals surface area (Å²) < 4.78 is 74.3. The number of rotatable bonds is 8. The van der Waals surface area contributed by atoms with Gasteiger partial charge in [-0.2, -0.15) is 4.99 Å². The number of urea groups is 1. The van der Waals surface area contributed by atoms with Crippen molar-refractivity contribution in [3.05, 3.63) is 106 Å². The summed E-state index contributed by atoms with van der Waals surface area (Å²) in [4.78, 5) is 21.3. The average molecular weight is 657 g/mol. The lowest BCUT2D eigenvalue weighted by atomic mass is 9.96. The first-order valence-corrected chi connectivity index (χ1v) is 15.0. The van der Waals surface area contributed by atoms with E-state index >= 15 is 4.39 Å². The number of aryl methyl sites for hydroxylation is 2. The van der Waals surface area contributed by atoms with Crippen molar-refractivity contribution in [2.75, 3.05) is 0 Å². The van der Waals surface area contributed by atoms with Crippen molar-refractivity contribution in [2.45, 2.75) is 52.4 Å². The van der Waals surface area contributed by atoms with Gasteiger partial charge in [-0.3, -0.25) is 4.57 Å². The zero-order valence-electron chi connectivity index (χ0n) is 25.1. The minimum Gasteiger partial charge on any atom is -0.406 e. The van der Waals surface area contributed by atoms with Crippen LogP contribution in [0.1, 0.15) is 48.3 Å². The van der Waals surface area contributed by atoms with E-state index in [4.69, 9.17) is 0 Å². The highest BCUT2D eigenvalue weighted by Gasteiger charge is 2.31. The van der Waals surface area contributed by atoms with Gasteiger partial charge in [0.1, 0.15) is 12.1 Å². The molecule has 0 aliphatic rings. The summed E-state index contributed by atoms with van der Waals surface area (Å²) in [7, 11) is 0. The molecule has 2 amide bonds. The fourth-order valence-electron chi connectivity index (χ4n) is 4.99. The van der Waals surface area contributed by atoms with Crippen LogP contribution in [0.15, 0.2) is 83.4 Å². The maximum atomic E-state index is 15.1. The lowest BCUT2D eigenvalue weighted by Gasteiger charge is -2.18. The summed E-state index contributed by atoms with van der Waals surface area (Å²) in [6, 6.07) is 15.6. The Kier molecular flexibility index (Phi) is 9.37. The van der Waals surface area contributed by atoms with Crippen LogP contribution < -0.4 is 14.9 Å². The second kappa shape index (κ2) is 13.3. The molecular formula is C32H29F5N6O2S. The first kappa shape index (κ1) is 32.5. The molecule has 0 saturated heterocycles. The Labute approximate surface area is 264 Å². The number of nitrogens with zero attached hydrogens (tertiary/aromatic N) is 5. The van der Waals surface area contributed by atoms with Crippen molar-refractivity contribution in [2.24, 2.45) is 4.99 Å². The first-order valence-electron chi connectivity index (χ1n) is 14.1. The van der Waals surface area contributed by atoms with Crippen LogP contribution in [0.25, 0.3) is 22.8 Å². The number of aromatic nitrogens is 4. The van der Waals surface area contributed by atoms with Gasteiger partial charge in [-0.25, -0.2) is 23.2 Å². The first-order chi connectivity index (χ1) is 21.8. The molecule has 2 heterocycles. The van der Waals surface area contributed by atoms with Gasteiger partial charge in [0, 0.05) is 16.6 Å². The highest BCUT2D eigenvalue weighted by Crippen LogP contribution is 2.28. The molecule has 0 spiro atoms. The highest BCUT2D eigenvalue weighted by molar-refractivity contribution is 7.07. The molecule has 8 nitrogen and oxygen atoms in total. The molecule has 14 heteroatoms. The second-order valence-corrected chi connectivity index (χ2v) is 11.5. The molecular weight excluding hydrogens is 627 g/mol. The number of carbonyl (C=O) groups excluding carboxylic acids is 1. The molecule has 46 heavy (non-hydrogen) atoms. The third kappa shape index (κ3) is 7.33. The fraction of sp³-hybridized carbons (Fsp3) is 0.250. The largest absolute Gasteiger partial charge is 0.573 e. The van der Waals surface area contributed by atoms with Gasteiger partial charge >= 0.3 is 12.4 Å². The van der Waals surface area contributed by atoms with Crippen LogP contribution in [0.4, 0.5) is 26.7 Å². The molecule has 5 rings (SSSR count). The van der Waals surface area contributed by atoms with E-state index in [2.05, 4.69) is 33.7 Å². The van der Waals surface area contributed by atoms with E-state index in [1.807, 2.05) is 47.3 Å². The molecule has 5 aromatic rings. The zero-order valence-corrected chi connectivity index (χ0v) is 25.9. The maximum Gasteiger partial charge on any atom is 0.573 e. The number of amides is 2. The van der Waals surface area contributed by atoms with Crippen molar-refractivity contribution in [1.29, 1.82) is 0 Å².